The van der Waals surface area contributed by atoms with Crippen LogP contribution in [0.4, 0.5) is 0 Å². The number of hydrogen-bond donors (Lipinski definition) is 2. The van der Waals surface area contributed by atoms with Gasteiger partial charge in [0.15, 0.2) is 0 Å². The smallest absolute Gasteiger partial charge is 0.141 e. The van der Waals surface area contributed by atoms with Gasteiger partial charge in [-0.2, -0.15) is 0 Å². The van der Waals surface area contributed by atoms with Crippen molar-refractivity contribution in [1.82, 2.24) is 4.98 Å². The monoisotopic (exact) mass is 261 g/mol. The van der Waals surface area contributed by atoms with E-state index in [0.717, 1.165) is 5.56 Å². The number of nitrogens with one attached hydrogen (secondary N) is 1. The van der Waals surface area contributed by atoms with Crippen molar-refractivity contribution in [2.45, 2.75) is 6.61 Å². The number of hydrogen-bond acceptors (Lipinski definition) is 3. The van der Waals surface area contributed by atoms with Gasteiger partial charge in [0.1, 0.15) is 23.9 Å². The second-order valence-corrected chi connectivity index (χ2v) is 4.14. The third-order valence-corrected chi connectivity index (χ3v) is 2.58. The van der Waals surface area contributed by atoms with Crippen molar-refractivity contribution in [2.24, 2.45) is 5.73 Å². The van der Waals surface area contributed by atoms with Crippen LogP contribution in [-0.4, -0.2) is 10.8 Å². The van der Waals surface area contributed by atoms with Crippen molar-refractivity contribution in [3.8, 4) is 5.75 Å². The number of rotatable bonds is 4. The number of aromatic nitrogens is 1. The topological polar surface area (TPSA) is 72.0 Å². The fourth-order valence-corrected chi connectivity index (χ4v) is 1.50. The minimum Gasteiger partial charge on any atom is -0.487 e. The fourth-order valence-electron chi connectivity index (χ4n) is 1.37. The molecular formula is C13H12ClN3O. The first-order valence-corrected chi connectivity index (χ1v) is 5.70. The number of benzene rings is 1. The van der Waals surface area contributed by atoms with Crippen LogP contribution in [0, 0.1) is 5.41 Å². The Bertz CT molecular complexity index is 537. The predicted molar refractivity (Wildman–Crippen MR) is 71.0 cm³/mol. The molecule has 2 rings (SSSR count). The molecule has 1 aromatic heterocycles. The Kier molecular flexibility index (Phi) is 3.79. The van der Waals surface area contributed by atoms with Crippen LogP contribution in [0.3, 0.4) is 0 Å². The summed E-state index contributed by atoms with van der Waals surface area (Å²) in [6.07, 6.45) is 1.55. The Balaban J connectivity index is 1.97. The SMILES string of the molecule is N=C(N)c1ccc(OCc2ccc(Cl)cc2)cn1. The summed E-state index contributed by atoms with van der Waals surface area (Å²) in [7, 11) is 0. The molecule has 1 aromatic carbocycles. The Hall–Kier alpha value is -2.07. The van der Waals surface area contributed by atoms with Crippen molar-refractivity contribution in [1.29, 1.82) is 5.41 Å². The van der Waals surface area contributed by atoms with Gasteiger partial charge in [-0.15, -0.1) is 0 Å². The molecule has 0 aliphatic carbocycles. The molecule has 0 bridgehead atoms. The number of halogens is 1. The number of ether oxygens (including phenoxy) is 1. The number of nitrogen functional groups attached to an aromatic ring is 1. The lowest BCUT2D eigenvalue weighted by atomic mass is 10.2. The normalized spacial score (nSPS) is 10.1. The predicted octanol–water partition coefficient (Wildman–Crippen LogP) is 2.60. The van der Waals surface area contributed by atoms with Crippen molar-refractivity contribution < 1.29 is 4.74 Å². The minimum atomic E-state index is -0.0562. The second-order valence-electron chi connectivity index (χ2n) is 3.71. The number of amidine groups is 1. The summed E-state index contributed by atoms with van der Waals surface area (Å²) in [4.78, 5) is 4.01. The van der Waals surface area contributed by atoms with Crippen LogP contribution in [0.2, 0.25) is 5.02 Å². The van der Waals surface area contributed by atoms with Crippen molar-refractivity contribution in [2.75, 3.05) is 0 Å². The van der Waals surface area contributed by atoms with E-state index < -0.39 is 0 Å². The Morgan fingerprint density at radius 3 is 2.50 bits per heavy atom. The molecule has 0 aliphatic rings. The molecular weight excluding hydrogens is 250 g/mol. The highest BCUT2D eigenvalue weighted by Crippen LogP contribution is 2.14. The van der Waals surface area contributed by atoms with Gasteiger partial charge in [-0.3, -0.25) is 5.41 Å². The van der Waals surface area contributed by atoms with E-state index in [1.807, 2.05) is 24.3 Å². The third-order valence-electron chi connectivity index (χ3n) is 2.33. The van der Waals surface area contributed by atoms with Gasteiger partial charge in [0.25, 0.3) is 0 Å². The fraction of sp³-hybridized carbons (Fsp3) is 0.0769. The van der Waals surface area contributed by atoms with Crippen LogP contribution >= 0.6 is 11.6 Å². The largest absolute Gasteiger partial charge is 0.487 e. The highest BCUT2D eigenvalue weighted by molar-refractivity contribution is 6.30. The highest BCUT2D eigenvalue weighted by Gasteiger charge is 2.00. The Morgan fingerprint density at radius 2 is 1.94 bits per heavy atom. The summed E-state index contributed by atoms with van der Waals surface area (Å²) in [5, 5.41) is 7.92. The van der Waals surface area contributed by atoms with E-state index in [4.69, 9.17) is 27.5 Å². The molecule has 0 saturated heterocycles. The van der Waals surface area contributed by atoms with Crippen LogP contribution < -0.4 is 10.5 Å². The average Bonchev–Trinajstić information content (AvgIpc) is 2.38. The molecule has 0 saturated carbocycles. The van der Waals surface area contributed by atoms with Crippen LogP contribution in [0.5, 0.6) is 5.75 Å². The first-order valence-electron chi connectivity index (χ1n) is 5.33. The molecule has 18 heavy (non-hydrogen) atoms. The average molecular weight is 262 g/mol. The molecule has 1 heterocycles. The van der Waals surface area contributed by atoms with Gasteiger partial charge < -0.3 is 10.5 Å². The van der Waals surface area contributed by atoms with E-state index >= 15 is 0 Å². The lowest BCUT2D eigenvalue weighted by molar-refractivity contribution is 0.305. The van der Waals surface area contributed by atoms with Crippen LogP contribution in [-0.2, 0) is 6.61 Å². The summed E-state index contributed by atoms with van der Waals surface area (Å²) in [5.41, 5.74) is 6.77. The van der Waals surface area contributed by atoms with Gasteiger partial charge in [-0.05, 0) is 29.8 Å². The summed E-state index contributed by atoms with van der Waals surface area (Å²) < 4.78 is 5.55. The minimum absolute atomic E-state index is 0.0562. The molecule has 2 aromatic rings. The summed E-state index contributed by atoms with van der Waals surface area (Å²) >= 11 is 5.79. The zero-order valence-electron chi connectivity index (χ0n) is 9.56. The van der Waals surface area contributed by atoms with Crippen LogP contribution in [0.1, 0.15) is 11.3 Å². The van der Waals surface area contributed by atoms with E-state index in [-0.39, 0.29) is 5.84 Å². The van der Waals surface area contributed by atoms with Gasteiger partial charge in [0.2, 0.25) is 0 Å². The van der Waals surface area contributed by atoms with Gasteiger partial charge in [-0.1, -0.05) is 23.7 Å². The van der Waals surface area contributed by atoms with Gasteiger partial charge >= 0.3 is 0 Å². The Morgan fingerprint density at radius 1 is 1.22 bits per heavy atom. The Labute approximate surface area is 110 Å². The zero-order valence-corrected chi connectivity index (χ0v) is 10.3. The van der Waals surface area contributed by atoms with Crippen LogP contribution in [0.15, 0.2) is 42.6 Å². The van der Waals surface area contributed by atoms with E-state index in [0.29, 0.717) is 23.1 Å². The lowest BCUT2D eigenvalue weighted by Crippen LogP contribution is -2.12. The first kappa shape index (κ1) is 12.4. The molecule has 0 fully saturated rings. The van der Waals surface area contributed by atoms with E-state index in [1.54, 1.807) is 18.3 Å². The van der Waals surface area contributed by atoms with E-state index in [9.17, 15) is 0 Å². The quantitative estimate of drug-likeness (QED) is 0.656. The first-order chi connectivity index (χ1) is 8.65. The zero-order chi connectivity index (χ0) is 13.0. The number of nitrogens with two attached hydrogens (primary N) is 1. The summed E-state index contributed by atoms with van der Waals surface area (Å²) in [6.45, 7) is 0.443. The highest BCUT2D eigenvalue weighted by atomic mass is 35.5. The number of pyridine rings is 1. The molecule has 92 valence electrons. The second kappa shape index (κ2) is 5.51. The maximum Gasteiger partial charge on any atom is 0.141 e. The maximum atomic E-state index is 7.22. The molecule has 0 radical (unpaired) electrons. The van der Waals surface area contributed by atoms with E-state index in [1.165, 1.54) is 0 Å². The molecule has 4 nitrogen and oxygen atoms in total. The molecule has 0 spiro atoms. The lowest BCUT2D eigenvalue weighted by Gasteiger charge is -2.06. The van der Waals surface area contributed by atoms with Gasteiger partial charge in [0.05, 0.1) is 6.20 Å². The third kappa shape index (κ3) is 3.21. The summed E-state index contributed by atoms with van der Waals surface area (Å²) in [5.74, 6) is 0.578. The molecule has 0 atom stereocenters. The van der Waals surface area contributed by atoms with Crippen molar-refractivity contribution in [3.63, 3.8) is 0 Å². The summed E-state index contributed by atoms with van der Waals surface area (Å²) in [6, 6.07) is 10.8. The van der Waals surface area contributed by atoms with Crippen molar-refractivity contribution in [3.05, 3.63) is 58.9 Å². The molecule has 5 heteroatoms. The number of nitrogens with zero attached hydrogens (tertiary/aromatic N) is 1. The maximum absolute atomic E-state index is 7.22. The van der Waals surface area contributed by atoms with Gasteiger partial charge in [0, 0.05) is 5.02 Å². The molecule has 0 amide bonds. The molecule has 0 aliphatic heterocycles. The van der Waals surface area contributed by atoms with E-state index in [2.05, 4.69) is 4.98 Å². The standard InChI is InChI=1S/C13H12ClN3O/c14-10-3-1-9(2-4-10)8-18-11-5-6-12(13(15)16)17-7-11/h1-7H,8H2,(H3,15,16). The molecule has 3 N–H and O–H groups in total. The molecule has 0 unspecified atom stereocenters. The van der Waals surface area contributed by atoms with Gasteiger partial charge in [-0.25, -0.2) is 4.98 Å². The van der Waals surface area contributed by atoms with Crippen LogP contribution in [0.25, 0.3) is 0 Å². The van der Waals surface area contributed by atoms with Crippen molar-refractivity contribution >= 4 is 17.4 Å².